The van der Waals surface area contributed by atoms with Crippen LogP contribution in [0.25, 0.3) is 10.9 Å². The van der Waals surface area contributed by atoms with Gasteiger partial charge in [-0.05, 0) is 6.07 Å². The molecule has 0 radical (unpaired) electrons. The summed E-state index contributed by atoms with van der Waals surface area (Å²) in [6.07, 6.45) is 2.47. The van der Waals surface area contributed by atoms with Crippen molar-refractivity contribution in [2.75, 3.05) is 0 Å². The topological polar surface area (TPSA) is 46.0 Å². The van der Waals surface area contributed by atoms with Crippen LogP contribution in [0.5, 0.6) is 0 Å². The van der Waals surface area contributed by atoms with Gasteiger partial charge in [-0.15, -0.1) is 11.3 Å². The van der Waals surface area contributed by atoms with Crippen LogP contribution in [0.15, 0.2) is 42.7 Å². The number of pyridine rings is 1. The van der Waals surface area contributed by atoms with E-state index >= 15 is 0 Å². The van der Waals surface area contributed by atoms with Crippen LogP contribution in [-0.4, -0.2) is 15.1 Å². The number of aliphatic hydroxyl groups is 1. The molecule has 3 aromatic rings. The molecule has 0 fully saturated rings. The molecule has 0 aliphatic rings. The first-order chi connectivity index (χ1) is 8.75. The van der Waals surface area contributed by atoms with Crippen molar-refractivity contribution in [1.82, 2.24) is 9.97 Å². The number of thiazole rings is 1. The highest BCUT2D eigenvalue weighted by Crippen LogP contribution is 2.31. The van der Waals surface area contributed by atoms with E-state index in [4.69, 9.17) is 11.6 Å². The van der Waals surface area contributed by atoms with Gasteiger partial charge in [-0.2, -0.15) is 0 Å². The second-order valence-corrected chi connectivity index (χ2v) is 5.52. The average molecular weight is 277 g/mol. The third-order valence-corrected chi connectivity index (χ3v) is 3.86. The Morgan fingerprint density at radius 3 is 2.78 bits per heavy atom. The summed E-state index contributed by atoms with van der Waals surface area (Å²) < 4.78 is 0.567. The van der Waals surface area contributed by atoms with Crippen LogP contribution >= 0.6 is 22.9 Å². The molecule has 18 heavy (non-hydrogen) atoms. The van der Waals surface area contributed by atoms with E-state index in [-0.39, 0.29) is 0 Å². The molecule has 0 spiro atoms. The number of rotatable bonds is 2. The van der Waals surface area contributed by atoms with Gasteiger partial charge in [0.2, 0.25) is 0 Å². The van der Waals surface area contributed by atoms with Crippen molar-refractivity contribution < 1.29 is 5.11 Å². The van der Waals surface area contributed by atoms with Crippen molar-refractivity contribution in [3.8, 4) is 0 Å². The van der Waals surface area contributed by atoms with Gasteiger partial charge < -0.3 is 5.11 Å². The Kier molecular flexibility index (Phi) is 2.99. The third-order valence-electron chi connectivity index (χ3n) is 2.69. The lowest BCUT2D eigenvalue weighted by Crippen LogP contribution is -2.00. The lowest BCUT2D eigenvalue weighted by atomic mass is 10.1. The molecule has 90 valence electrons. The quantitative estimate of drug-likeness (QED) is 0.780. The second kappa shape index (κ2) is 4.65. The number of nitrogens with zero attached hydrogens (tertiary/aromatic N) is 2. The van der Waals surface area contributed by atoms with Crippen molar-refractivity contribution in [1.29, 1.82) is 0 Å². The fourth-order valence-corrected chi connectivity index (χ4v) is 2.81. The smallest absolute Gasteiger partial charge is 0.133 e. The van der Waals surface area contributed by atoms with Crippen LogP contribution in [0, 0.1) is 0 Å². The Morgan fingerprint density at radius 1 is 1.17 bits per heavy atom. The van der Waals surface area contributed by atoms with Gasteiger partial charge in [-0.25, -0.2) is 4.98 Å². The normalized spacial score (nSPS) is 12.8. The van der Waals surface area contributed by atoms with Crippen LogP contribution in [0.4, 0.5) is 0 Å². The summed E-state index contributed by atoms with van der Waals surface area (Å²) in [4.78, 5) is 8.43. The minimum Gasteiger partial charge on any atom is -0.381 e. The van der Waals surface area contributed by atoms with Gasteiger partial charge in [-0.3, -0.25) is 4.98 Å². The summed E-state index contributed by atoms with van der Waals surface area (Å²) in [6.45, 7) is 0. The van der Waals surface area contributed by atoms with Gasteiger partial charge >= 0.3 is 0 Å². The number of benzene rings is 1. The summed E-state index contributed by atoms with van der Waals surface area (Å²) in [5.41, 5.74) is 1.54. The first-order valence-electron chi connectivity index (χ1n) is 5.38. The molecule has 0 aliphatic heterocycles. The molecule has 2 heterocycles. The van der Waals surface area contributed by atoms with Crippen LogP contribution < -0.4 is 0 Å². The molecule has 1 N–H and O–H groups in total. The van der Waals surface area contributed by atoms with E-state index in [1.165, 1.54) is 11.3 Å². The number of aliphatic hydroxyl groups excluding tert-OH is 1. The Morgan fingerprint density at radius 2 is 2.00 bits per heavy atom. The van der Waals surface area contributed by atoms with Crippen molar-refractivity contribution in [3.05, 3.63) is 57.6 Å². The SMILES string of the molecule is OC(c1ncc(Cl)s1)c1cccc2cccnc12. The molecular formula is C13H9ClN2OS. The van der Waals surface area contributed by atoms with E-state index < -0.39 is 6.10 Å². The van der Waals surface area contributed by atoms with Gasteiger partial charge in [0.15, 0.2) is 0 Å². The predicted octanol–water partition coefficient (Wildman–Crippen LogP) is 3.43. The highest BCUT2D eigenvalue weighted by molar-refractivity contribution is 7.15. The molecule has 3 nitrogen and oxygen atoms in total. The summed E-state index contributed by atoms with van der Waals surface area (Å²) in [6, 6.07) is 9.56. The number of halogens is 1. The summed E-state index contributed by atoms with van der Waals surface area (Å²) >= 11 is 7.12. The Labute approximate surface area is 113 Å². The van der Waals surface area contributed by atoms with Gasteiger partial charge in [0.1, 0.15) is 15.4 Å². The highest BCUT2D eigenvalue weighted by atomic mass is 35.5. The molecule has 3 rings (SSSR count). The molecule has 1 unspecified atom stereocenters. The van der Waals surface area contributed by atoms with Crippen LogP contribution in [0.3, 0.4) is 0 Å². The fourth-order valence-electron chi connectivity index (χ4n) is 1.87. The van der Waals surface area contributed by atoms with E-state index in [9.17, 15) is 5.11 Å². The van der Waals surface area contributed by atoms with Crippen LogP contribution in [-0.2, 0) is 0 Å². The zero-order valence-electron chi connectivity index (χ0n) is 9.25. The second-order valence-electron chi connectivity index (χ2n) is 3.83. The zero-order chi connectivity index (χ0) is 12.5. The van der Waals surface area contributed by atoms with Crippen LogP contribution in [0.2, 0.25) is 4.34 Å². The molecule has 0 saturated heterocycles. The first kappa shape index (κ1) is 11.6. The van der Waals surface area contributed by atoms with Gasteiger partial charge in [-0.1, -0.05) is 35.9 Å². The standard InChI is InChI=1S/C13H9ClN2OS/c14-10-7-16-13(18-10)12(17)9-5-1-3-8-4-2-6-15-11(8)9/h1-7,12,17H. The third kappa shape index (κ3) is 1.99. The van der Waals surface area contributed by atoms with Gasteiger partial charge in [0, 0.05) is 17.1 Å². The minimum absolute atomic E-state index is 0.567. The highest BCUT2D eigenvalue weighted by Gasteiger charge is 2.17. The Hall–Kier alpha value is -1.49. The number of hydrogen-bond donors (Lipinski definition) is 1. The van der Waals surface area contributed by atoms with E-state index in [2.05, 4.69) is 9.97 Å². The largest absolute Gasteiger partial charge is 0.381 e. The van der Waals surface area contributed by atoms with Crippen molar-refractivity contribution in [2.24, 2.45) is 0 Å². The van der Waals surface area contributed by atoms with E-state index in [0.29, 0.717) is 9.34 Å². The molecule has 1 aromatic carbocycles. The number of fused-ring (bicyclic) bond motifs is 1. The van der Waals surface area contributed by atoms with Crippen molar-refractivity contribution in [2.45, 2.75) is 6.10 Å². The fraction of sp³-hybridized carbons (Fsp3) is 0.0769. The van der Waals surface area contributed by atoms with Crippen LogP contribution in [0.1, 0.15) is 16.7 Å². The maximum atomic E-state index is 10.4. The minimum atomic E-state index is -0.791. The molecule has 0 saturated carbocycles. The monoisotopic (exact) mass is 276 g/mol. The average Bonchev–Trinajstić information content (AvgIpc) is 2.84. The predicted molar refractivity (Wildman–Crippen MR) is 72.9 cm³/mol. The summed E-state index contributed by atoms with van der Waals surface area (Å²) in [5.74, 6) is 0. The maximum absolute atomic E-state index is 10.4. The lowest BCUT2D eigenvalue weighted by molar-refractivity contribution is 0.221. The van der Waals surface area contributed by atoms with E-state index in [0.717, 1.165) is 16.5 Å². The number of hydrogen-bond acceptors (Lipinski definition) is 4. The summed E-state index contributed by atoms with van der Waals surface area (Å²) in [5, 5.41) is 11.9. The zero-order valence-corrected chi connectivity index (χ0v) is 10.8. The molecule has 5 heteroatoms. The molecule has 0 amide bonds. The molecule has 2 aromatic heterocycles. The molecule has 0 bridgehead atoms. The van der Waals surface area contributed by atoms with Gasteiger partial charge in [0.05, 0.1) is 11.7 Å². The van der Waals surface area contributed by atoms with E-state index in [1.54, 1.807) is 12.4 Å². The van der Waals surface area contributed by atoms with Crippen molar-refractivity contribution in [3.63, 3.8) is 0 Å². The van der Waals surface area contributed by atoms with Gasteiger partial charge in [0.25, 0.3) is 0 Å². The number of para-hydroxylation sites is 1. The van der Waals surface area contributed by atoms with Crippen molar-refractivity contribution >= 4 is 33.8 Å². The number of aromatic nitrogens is 2. The molecule has 0 aliphatic carbocycles. The lowest BCUT2D eigenvalue weighted by Gasteiger charge is -2.10. The maximum Gasteiger partial charge on any atom is 0.133 e. The Balaban J connectivity index is 2.14. The van der Waals surface area contributed by atoms with E-state index in [1.807, 2.05) is 30.3 Å². The molecule has 1 atom stereocenters. The Bertz CT molecular complexity index is 693. The summed E-state index contributed by atoms with van der Waals surface area (Å²) in [7, 11) is 0. The first-order valence-corrected chi connectivity index (χ1v) is 6.58. The molecular weight excluding hydrogens is 268 g/mol.